The van der Waals surface area contributed by atoms with Crippen LogP contribution in [0.1, 0.15) is 51.5 Å². The molecule has 0 saturated carbocycles. The first-order valence-corrected chi connectivity index (χ1v) is 6.49. The summed E-state index contributed by atoms with van der Waals surface area (Å²) in [4.78, 5) is 0. The number of nitrogens with two attached hydrogens (primary N) is 1. The normalized spacial score (nSPS) is 15.1. The monoisotopic (exact) mass is 219 g/mol. The SMILES string of the molecule is CCC(CC)CC(N)C(C)c1ccccc1. The van der Waals surface area contributed by atoms with Gasteiger partial charge in [0.2, 0.25) is 0 Å². The first-order valence-electron chi connectivity index (χ1n) is 6.49. The van der Waals surface area contributed by atoms with Crippen molar-refractivity contribution in [1.82, 2.24) is 0 Å². The van der Waals surface area contributed by atoms with Crippen molar-refractivity contribution < 1.29 is 0 Å². The maximum Gasteiger partial charge on any atom is 0.0108 e. The zero-order valence-corrected chi connectivity index (χ0v) is 10.8. The zero-order valence-electron chi connectivity index (χ0n) is 10.8. The Bertz CT molecular complexity index is 277. The molecule has 0 heterocycles. The van der Waals surface area contributed by atoms with E-state index < -0.39 is 0 Å². The van der Waals surface area contributed by atoms with Crippen LogP contribution in [0.15, 0.2) is 30.3 Å². The number of rotatable bonds is 6. The van der Waals surface area contributed by atoms with Crippen LogP contribution >= 0.6 is 0 Å². The minimum Gasteiger partial charge on any atom is -0.327 e. The minimum atomic E-state index is 0.285. The van der Waals surface area contributed by atoms with Gasteiger partial charge in [-0.05, 0) is 23.8 Å². The lowest BCUT2D eigenvalue weighted by molar-refractivity contribution is 0.383. The van der Waals surface area contributed by atoms with Gasteiger partial charge in [-0.2, -0.15) is 0 Å². The molecular formula is C15H25N. The third-order valence-corrected chi connectivity index (χ3v) is 3.73. The van der Waals surface area contributed by atoms with E-state index in [9.17, 15) is 0 Å². The Hall–Kier alpha value is -0.820. The van der Waals surface area contributed by atoms with Crippen molar-refractivity contribution in [2.45, 2.75) is 52.0 Å². The van der Waals surface area contributed by atoms with Crippen molar-refractivity contribution in [3.63, 3.8) is 0 Å². The van der Waals surface area contributed by atoms with E-state index in [1.165, 1.54) is 18.4 Å². The third kappa shape index (κ3) is 3.64. The first kappa shape index (κ1) is 13.2. The molecule has 2 unspecified atom stereocenters. The van der Waals surface area contributed by atoms with E-state index in [4.69, 9.17) is 5.73 Å². The fourth-order valence-electron chi connectivity index (χ4n) is 2.21. The molecule has 1 nitrogen and oxygen atoms in total. The van der Waals surface area contributed by atoms with E-state index in [1.807, 2.05) is 0 Å². The van der Waals surface area contributed by atoms with Gasteiger partial charge in [0.15, 0.2) is 0 Å². The summed E-state index contributed by atoms with van der Waals surface area (Å²) in [5.41, 5.74) is 7.66. The van der Waals surface area contributed by atoms with E-state index >= 15 is 0 Å². The van der Waals surface area contributed by atoms with Crippen LogP contribution in [0.2, 0.25) is 0 Å². The Morgan fingerprint density at radius 1 is 1.06 bits per heavy atom. The number of hydrogen-bond donors (Lipinski definition) is 1. The van der Waals surface area contributed by atoms with E-state index in [1.54, 1.807) is 0 Å². The minimum absolute atomic E-state index is 0.285. The van der Waals surface area contributed by atoms with Gasteiger partial charge in [0.25, 0.3) is 0 Å². The summed E-state index contributed by atoms with van der Waals surface area (Å²) in [5.74, 6) is 1.24. The lowest BCUT2D eigenvalue weighted by Gasteiger charge is -2.24. The second kappa shape index (κ2) is 6.70. The third-order valence-electron chi connectivity index (χ3n) is 3.73. The Morgan fingerprint density at radius 3 is 2.12 bits per heavy atom. The topological polar surface area (TPSA) is 26.0 Å². The molecule has 1 rings (SSSR count). The highest BCUT2D eigenvalue weighted by molar-refractivity contribution is 5.20. The Labute approximate surface area is 100 Å². The van der Waals surface area contributed by atoms with Crippen LogP contribution in [-0.4, -0.2) is 6.04 Å². The fraction of sp³-hybridized carbons (Fsp3) is 0.600. The molecule has 0 aliphatic heterocycles. The number of benzene rings is 1. The summed E-state index contributed by atoms with van der Waals surface area (Å²) < 4.78 is 0. The van der Waals surface area contributed by atoms with E-state index in [0.29, 0.717) is 5.92 Å². The van der Waals surface area contributed by atoms with Gasteiger partial charge < -0.3 is 5.73 Å². The van der Waals surface area contributed by atoms with Crippen LogP contribution in [0, 0.1) is 5.92 Å². The van der Waals surface area contributed by atoms with Crippen LogP contribution in [0.5, 0.6) is 0 Å². The molecule has 0 radical (unpaired) electrons. The Kier molecular flexibility index (Phi) is 5.54. The molecule has 90 valence electrons. The molecule has 0 aromatic heterocycles. The summed E-state index contributed by atoms with van der Waals surface area (Å²) in [5, 5.41) is 0. The van der Waals surface area contributed by atoms with E-state index in [0.717, 1.165) is 12.3 Å². The molecule has 1 aromatic rings. The molecule has 0 saturated heterocycles. The molecule has 0 fully saturated rings. The molecule has 2 atom stereocenters. The highest BCUT2D eigenvalue weighted by atomic mass is 14.6. The van der Waals surface area contributed by atoms with Gasteiger partial charge >= 0.3 is 0 Å². The van der Waals surface area contributed by atoms with E-state index in [2.05, 4.69) is 51.1 Å². The van der Waals surface area contributed by atoms with Crippen LogP contribution in [-0.2, 0) is 0 Å². The molecule has 0 aliphatic rings. The summed E-state index contributed by atoms with van der Waals surface area (Å²) in [7, 11) is 0. The first-order chi connectivity index (χ1) is 7.69. The molecule has 0 aliphatic carbocycles. The predicted molar refractivity (Wildman–Crippen MR) is 71.5 cm³/mol. The quantitative estimate of drug-likeness (QED) is 0.770. The zero-order chi connectivity index (χ0) is 12.0. The van der Waals surface area contributed by atoms with Gasteiger partial charge in [0, 0.05) is 6.04 Å². The standard InChI is InChI=1S/C15H25N/c1-4-13(5-2)11-15(16)12(3)14-9-7-6-8-10-14/h6-10,12-13,15H,4-5,11,16H2,1-3H3. The lowest BCUT2D eigenvalue weighted by atomic mass is 9.86. The van der Waals surface area contributed by atoms with Gasteiger partial charge in [-0.3, -0.25) is 0 Å². The Balaban J connectivity index is 2.57. The second-order valence-electron chi connectivity index (χ2n) is 4.78. The summed E-state index contributed by atoms with van der Waals surface area (Å²) in [6.45, 7) is 6.75. The maximum absolute atomic E-state index is 6.30. The largest absolute Gasteiger partial charge is 0.327 e. The van der Waals surface area contributed by atoms with Gasteiger partial charge in [0.1, 0.15) is 0 Å². The van der Waals surface area contributed by atoms with Gasteiger partial charge in [0.05, 0.1) is 0 Å². The predicted octanol–water partition coefficient (Wildman–Crippen LogP) is 3.94. The van der Waals surface area contributed by atoms with Crippen molar-refractivity contribution in [2.75, 3.05) is 0 Å². The molecule has 1 heteroatoms. The van der Waals surface area contributed by atoms with Crippen molar-refractivity contribution in [1.29, 1.82) is 0 Å². The maximum atomic E-state index is 6.30. The van der Waals surface area contributed by atoms with Crippen molar-refractivity contribution in [2.24, 2.45) is 11.7 Å². The smallest absolute Gasteiger partial charge is 0.0108 e. The van der Waals surface area contributed by atoms with Gasteiger partial charge in [-0.25, -0.2) is 0 Å². The summed E-state index contributed by atoms with van der Waals surface area (Å²) in [6.07, 6.45) is 3.63. The van der Waals surface area contributed by atoms with Crippen molar-refractivity contribution >= 4 is 0 Å². The summed E-state index contributed by atoms with van der Waals surface area (Å²) >= 11 is 0. The van der Waals surface area contributed by atoms with Gasteiger partial charge in [-0.15, -0.1) is 0 Å². The molecule has 0 bridgehead atoms. The highest BCUT2D eigenvalue weighted by Gasteiger charge is 2.17. The van der Waals surface area contributed by atoms with Gasteiger partial charge in [-0.1, -0.05) is 63.9 Å². The summed E-state index contributed by atoms with van der Waals surface area (Å²) in [6, 6.07) is 10.9. The molecule has 2 N–H and O–H groups in total. The second-order valence-corrected chi connectivity index (χ2v) is 4.78. The number of hydrogen-bond acceptors (Lipinski definition) is 1. The average Bonchev–Trinajstić information content (AvgIpc) is 2.35. The average molecular weight is 219 g/mol. The van der Waals surface area contributed by atoms with Crippen molar-refractivity contribution in [3.8, 4) is 0 Å². The highest BCUT2D eigenvalue weighted by Crippen LogP contribution is 2.24. The molecule has 0 spiro atoms. The fourth-order valence-corrected chi connectivity index (χ4v) is 2.21. The van der Waals surface area contributed by atoms with Crippen LogP contribution in [0.25, 0.3) is 0 Å². The molecular weight excluding hydrogens is 194 g/mol. The van der Waals surface area contributed by atoms with Crippen LogP contribution in [0.4, 0.5) is 0 Å². The van der Waals surface area contributed by atoms with Crippen molar-refractivity contribution in [3.05, 3.63) is 35.9 Å². The molecule has 0 amide bonds. The van der Waals surface area contributed by atoms with E-state index in [-0.39, 0.29) is 6.04 Å². The Morgan fingerprint density at radius 2 is 1.62 bits per heavy atom. The molecule has 1 aromatic carbocycles. The molecule has 16 heavy (non-hydrogen) atoms. The van der Waals surface area contributed by atoms with Crippen LogP contribution < -0.4 is 5.73 Å². The van der Waals surface area contributed by atoms with Crippen LogP contribution in [0.3, 0.4) is 0 Å². The lowest BCUT2D eigenvalue weighted by Crippen LogP contribution is -2.29.